The van der Waals surface area contributed by atoms with Crippen molar-refractivity contribution in [3.8, 4) is 0 Å². The maximum absolute atomic E-state index is 13.6. The smallest absolute Gasteiger partial charge is 0.242 e. The van der Waals surface area contributed by atoms with Crippen molar-refractivity contribution < 1.29 is 9.59 Å². The molecule has 1 unspecified atom stereocenters. The fourth-order valence-corrected chi connectivity index (χ4v) is 3.89. The molecule has 3 aromatic carbocycles. The van der Waals surface area contributed by atoms with E-state index in [1.54, 1.807) is 18.9 Å². The number of rotatable bonds is 8. The van der Waals surface area contributed by atoms with Crippen LogP contribution in [-0.2, 0) is 16.1 Å². The van der Waals surface area contributed by atoms with Gasteiger partial charge in [-0.1, -0.05) is 90.5 Å². The summed E-state index contributed by atoms with van der Waals surface area (Å²) in [7, 11) is 1.60. The lowest BCUT2D eigenvalue weighted by Crippen LogP contribution is -2.47. The Morgan fingerprint density at radius 1 is 0.871 bits per heavy atom. The van der Waals surface area contributed by atoms with E-state index < -0.39 is 6.04 Å². The van der Waals surface area contributed by atoms with E-state index >= 15 is 0 Å². The Labute approximate surface area is 184 Å². The summed E-state index contributed by atoms with van der Waals surface area (Å²) in [5.74, 6) is -0.293. The molecule has 4 nitrogen and oxygen atoms in total. The van der Waals surface area contributed by atoms with Crippen molar-refractivity contribution in [2.24, 2.45) is 0 Å². The Balaban J connectivity index is 1.91. The highest BCUT2D eigenvalue weighted by molar-refractivity contribution is 5.87. The highest BCUT2D eigenvalue weighted by atomic mass is 16.2. The Bertz CT molecular complexity index is 963. The van der Waals surface area contributed by atoms with Gasteiger partial charge in [0.1, 0.15) is 6.04 Å². The molecule has 4 heteroatoms. The molecule has 1 atom stereocenters. The topological polar surface area (TPSA) is 49.4 Å². The molecule has 0 saturated carbocycles. The molecule has 1 N–H and O–H groups in total. The molecule has 2 amide bonds. The Kier molecular flexibility index (Phi) is 7.60. The molecule has 31 heavy (non-hydrogen) atoms. The maximum atomic E-state index is 13.6. The highest BCUT2D eigenvalue weighted by Gasteiger charge is 2.28. The van der Waals surface area contributed by atoms with Gasteiger partial charge in [0.25, 0.3) is 0 Å². The molecular weight excluding hydrogens is 384 g/mol. The predicted molar refractivity (Wildman–Crippen MR) is 125 cm³/mol. The average Bonchev–Trinajstić information content (AvgIpc) is 2.81. The Hall–Kier alpha value is -3.40. The molecule has 0 aliphatic heterocycles. The number of nitrogens with zero attached hydrogens (tertiary/aromatic N) is 1. The monoisotopic (exact) mass is 414 g/mol. The predicted octanol–water partition coefficient (Wildman–Crippen LogP) is 4.68. The lowest BCUT2D eigenvalue weighted by molar-refractivity contribution is -0.140. The number of nitrogens with one attached hydrogen (secondary N) is 1. The van der Waals surface area contributed by atoms with Gasteiger partial charge in [-0.2, -0.15) is 0 Å². The third kappa shape index (κ3) is 5.82. The van der Waals surface area contributed by atoms with E-state index in [4.69, 9.17) is 0 Å². The SMILES string of the molecule is CNC(=O)C(C)N(Cc1cccc(C)c1)C(=O)CC(c1ccccc1)c1ccccc1. The fourth-order valence-electron chi connectivity index (χ4n) is 3.89. The van der Waals surface area contributed by atoms with Crippen LogP contribution in [0, 0.1) is 6.92 Å². The Morgan fingerprint density at radius 2 is 1.45 bits per heavy atom. The normalized spacial score (nSPS) is 11.7. The fraction of sp³-hybridized carbons (Fsp3) is 0.259. The van der Waals surface area contributed by atoms with Crippen molar-refractivity contribution in [1.29, 1.82) is 0 Å². The van der Waals surface area contributed by atoms with E-state index in [2.05, 4.69) is 35.6 Å². The van der Waals surface area contributed by atoms with Crippen LogP contribution in [0.4, 0.5) is 0 Å². The molecule has 0 spiro atoms. The maximum Gasteiger partial charge on any atom is 0.242 e. The first-order valence-electron chi connectivity index (χ1n) is 10.7. The van der Waals surface area contributed by atoms with Crippen LogP contribution >= 0.6 is 0 Å². The number of benzene rings is 3. The second-order valence-electron chi connectivity index (χ2n) is 7.88. The molecule has 0 radical (unpaired) electrons. The summed E-state index contributed by atoms with van der Waals surface area (Å²) >= 11 is 0. The summed E-state index contributed by atoms with van der Waals surface area (Å²) in [6, 6.07) is 27.6. The lowest BCUT2D eigenvalue weighted by Gasteiger charge is -2.30. The molecule has 0 heterocycles. The van der Waals surface area contributed by atoms with Crippen LogP contribution in [0.5, 0.6) is 0 Å². The van der Waals surface area contributed by atoms with E-state index in [9.17, 15) is 9.59 Å². The van der Waals surface area contributed by atoms with Crippen molar-refractivity contribution in [1.82, 2.24) is 10.2 Å². The first kappa shape index (κ1) is 22.3. The zero-order chi connectivity index (χ0) is 22.2. The molecular formula is C27H30N2O2. The summed E-state index contributed by atoms with van der Waals surface area (Å²) in [6.07, 6.45) is 0.293. The van der Waals surface area contributed by atoms with Gasteiger partial charge >= 0.3 is 0 Å². The zero-order valence-corrected chi connectivity index (χ0v) is 18.4. The second-order valence-corrected chi connectivity index (χ2v) is 7.88. The zero-order valence-electron chi connectivity index (χ0n) is 18.4. The van der Waals surface area contributed by atoms with Crippen molar-refractivity contribution in [2.75, 3.05) is 7.05 Å². The van der Waals surface area contributed by atoms with E-state index in [1.165, 1.54) is 0 Å². The van der Waals surface area contributed by atoms with Crippen LogP contribution in [0.2, 0.25) is 0 Å². The first-order valence-corrected chi connectivity index (χ1v) is 10.7. The molecule has 3 rings (SSSR count). The largest absolute Gasteiger partial charge is 0.357 e. The minimum atomic E-state index is -0.565. The summed E-state index contributed by atoms with van der Waals surface area (Å²) < 4.78 is 0. The van der Waals surface area contributed by atoms with Crippen LogP contribution in [0.3, 0.4) is 0 Å². The van der Waals surface area contributed by atoms with Gasteiger partial charge in [0.05, 0.1) is 0 Å². The molecule has 0 bridgehead atoms. The standard InChI is InChI=1S/C27H30N2O2/c1-20-11-10-12-22(17-20)19-29(21(2)27(31)28-3)26(30)18-25(23-13-6-4-7-14-23)24-15-8-5-9-16-24/h4-17,21,25H,18-19H2,1-3H3,(H,28,31). The molecule has 0 aliphatic rings. The average molecular weight is 415 g/mol. The lowest BCUT2D eigenvalue weighted by atomic mass is 9.88. The molecule has 3 aromatic rings. The van der Waals surface area contributed by atoms with E-state index in [0.717, 1.165) is 22.3 Å². The van der Waals surface area contributed by atoms with Gasteiger partial charge in [0, 0.05) is 25.9 Å². The molecule has 0 aromatic heterocycles. The summed E-state index contributed by atoms with van der Waals surface area (Å²) in [6.45, 7) is 4.21. The molecule has 0 fully saturated rings. The van der Waals surface area contributed by atoms with Crippen LogP contribution < -0.4 is 5.32 Å². The van der Waals surface area contributed by atoms with Gasteiger partial charge in [-0.3, -0.25) is 9.59 Å². The van der Waals surface area contributed by atoms with Crippen LogP contribution in [0.15, 0.2) is 84.9 Å². The quantitative estimate of drug-likeness (QED) is 0.582. The number of carbonyl (C=O) groups excluding carboxylic acids is 2. The molecule has 160 valence electrons. The van der Waals surface area contributed by atoms with Crippen LogP contribution in [0.1, 0.15) is 41.5 Å². The van der Waals surface area contributed by atoms with E-state index in [-0.39, 0.29) is 17.7 Å². The van der Waals surface area contributed by atoms with Crippen molar-refractivity contribution in [3.05, 3.63) is 107 Å². The van der Waals surface area contributed by atoms with Crippen LogP contribution in [0.25, 0.3) is 0 Å². The van der Waals surface area contributed by atoms with Gasteiger partial charge < -0.3 is 10.2 Å². The molecule has 0 saturated heterocycles. The third-order valence-electron chi connectivity index (χ3n) is 5.63. The van der Waals surface area contributed by atoms with Gasteiger partial charge in [-0.25, -0.2) is 0 Å². The van der Waals surface area contributed by atoms with Gasteiger partial charge in [-0.05, 0) is 30.5 Å². The summed E-state index contributed by atoms with van der Waals surface area (Å²) in [4.78, 5) is 27.7. The minimum absolute atomic E-state index is 0.0460. The van der Waals surface area contributed by atoms with Gasteiger partial charge in [0.15, 0.2) is 0 Å². The number of aryl methyl sites for hydroxylation is 1. The number of hydrogen-bond acceptors (Lipinski definition) is 2. The number of amides is 2. The van der Waals surface area contributed by atoms with E-state index in [0.29, 0.717) is 13.0 Å². The van der Waals surface area contributed by atoms with Crippen molar-refractivity contribution >= 4 is 11.8 Å². The number of likely N-dealkylation sites (N-methyl/N-ethyl adjacent to an activating group) is 1. The number of carbonyl (C=O) groups is 2. The van der Waals surface area contributed by atoms with Crippen molar-refractivity contribution in [2.45, 2.75) is 38.8 Å². The third-order valence-corrected chi connectivity index (χ3v) is 5.63. The second kappa shape index (κ2) is 10.6. The Morgan fingerprint density at radius 3 is 1.97 bits per heavy atom. The minimum Gasteiger partial charge on any atom is -0.357 e. The van der Waals surface area contributed by atoms with Crippen molar-refractivity contribution in [3.63, 3.8) is 0 Å². The summed E-state index contributed by atoms with van der Waals surface area (Å²) in [5, 5.41) is 2.68. The van der Waals surface area contributed by atoms with Gasteiger partial charge in [0.2, 0.25) is 11.8 Å². The number of hydrogen-bond donors (Lipinski definition) is 1. The highest BCUT2D eigenvalue weighted by Crippen LogP contribution is 2.29. The van der Waals surface area contributed by atoms with E-state index in [1.807, 2.05) is 61.5 Å². The van der Waals surface area contributed by atoms with Gasteiger partial charge in [-0.15, -0.1) is 0 Å². The molecule has 0 aliphatic carbocycles. The first-order chi connectivity index (χ1) is 15.0. The summed E-state index contributed by atoms with van der Waals surface area (Å²) in [5.41, 5.74) is 4.32. The van der Waals surface area contributed by atoms with Crippen LogP contribution in [-0.4, -0.2) is 29.8 Å².